The van der Waals surface area contributed by atoms with Gasteiger partial charge in [-0.25, -0.2) is 0 Å². The molecule has 0 bridgehead atoms. The molecule has 0 aromatic rings. The van der Waals surface area contributed by atoms with Gasteiger partial charge in [-0.3, -0.25) is 9.80 Å². The highest BCUT2D eigenvalue weighted by molar-refractivity contribution is 5.59. The van der Waals surface area contributed by atoms with E-state index in [2.05, 4.69) is 23.6 Å². The number of carbonyl (C=O) groups is 1. The van der Waals surface area contributed by atoms with Gasteiger partial charge in [0, 0.05) is 44.7 Å². The number of carbonyl (C=O) groups excluding carboxylic acids is 1. The molecule has 4 nitrogen and oxygen atoms in total. The van der Waals surface area contributed by atoms with Crippen LogP contribution in [0.4, 0.5) is 0 Å². The van der Waals surface area contributed by atoms with E-state index in [9.17, 15) is 9.90 Å². The van der Waals surface area contributed by atoms with Crippen LogP contribution in [0.3, 0.4) is 0 Å². The summed E-state index contributed by atoms with van der Waals surface area (Å²) in [7, 11) is 0. The Bertz CT molecular complexity index is 280. The minimum absolute atomic E-state index is 0.201. The highest BCUT2D eigenvalue weighted by Crippen LogP contribution is 2.22. The Morgan fingerprint density at radius 1 is 1.05 bits per heavy atom. The van der Waals surface area contributed by atoms with Crippen LogP contribution in [0.25, 0.3) is 0 Å². The summed E-state index contributed by atoms with van der Waals surface area (Å²) in [6.45, 7) is 13.4. The summed E-state index contributed by atoms with van der Waals surface area (Å²) < 4.78 is 0. The molecular weight excluding hydrogens is 240 g/mol. The minimum atomic E-state index is -0.623. The Kier molecular flexibility index (Phi) is 5.96. The fourth-order valence-electron chi connectivity index (χ4n) is 2.91. The van der Waals surface area contributed by atoms with Crippen LogP contribution in [0, 0.1) is 5.41 Å². The topological polar surface area (TPSA) is 43.8 Å². The van der Waals surface area contributed by atoms with Gasteiger partial charge in [-0.15, -0.1) is 0 Å². The molecule has 0 radical (unpaired) electrons. The van der Waals surface area contributed by atoms with Crippen LogP contribution in [0.2, 0.25) is 0 Å². The molecule has 0 saturated carbocycles. The smallest absolute Gasteiger partial charge is 0.127 e. The van der Waals surface area contributed by atoms with E-state index in [1.807, 2.05) is 13.8 Å². The van der Waals surface area contributed by atoms with Crippen molar-refractivity contribution in [3.8, 4) is 0 Å². The van der Waals surface area contributed by atoms with E-state index in [1.165, 1.54) is 0 Å². The highest BCUT2D eigenvalue weighted by atomic mass is 16.3. The standard InChI is InChI=1S/C15H30N2O2/c1-5-6-15(4,13-18)12-17-9-7-16(8-10-17)11-14(2,3)19/h13,19H,5-12H2,1-4H3. The molecule has 1 saturated heterocycles. The van der Waals surface area contributed by atoms with Crippen LogP contribution >= 0.6 is 0 Å². The van der Waals surface area contributed by atoms with E-state index in [1.54, 1.807) is 0 Å². The molecule has 0 aromatic carbocycles. The van der Waals surface area contributed by atoms with Gasteiger partial charge in [-0.2, -0.15) is 0 Å². The molecule has 1 unspecified atom stereocenters. The summed E-state index contributed by atoms with van der Waals surface area (Å²) in [5, 5.41) is 9.83. The SMILES string of the molecule is CCCC(C)(C=O)CN1CCN(CC(C)(C)O)CC1. The Hall–Kier alpha value is -0.450. The number of aldehydes is 1. The van der Waals surface area contributed by atoms with Crippen LogP contribution in [-0.2, 0) is 4.79 Å². The van der Waals surface area contributed by atoms with E-state index >= 15 is 0 Å². The molecule has 0 spiro atoms. The molecule has 0 aromatic heterocycles. The Morgan fingerprint density at radius 3 is 1.89 bits per heavy atom. The van der Waals surface area contributed by atoms with Gasteiger partial charge >= 0.3 is 0 Å². The normalized spacial score (nSPS) is 22.2. The zero-order chi connectivity index (χ0) is 14.5. The average Bonchev–Trinajstić information content (AvgIpc) is 2.30. The van der Waals surface area contributed by atoms with Gasteiger partial charge in [0.05, 0.1) is 5.60 Å². The van der Waals surface area contributed by atoms with Crippen molar-refractivity contribution in [1.29, 1.82) is 0 Å². The first kappa shape index (κ1) is 16.6. The van der Waals surface area contributed by atoms with Gasteiger partial charge in [-0.1, -0.05) is 20.3 Å². The van der Waals surface area contributed by atoms with E-state index in [0.717, 1.165) is 58.4 Å². The van der Waals surface area contributed by atoms with Gasteiger partial charge in [0.15, 0.2) is 0 Å². The second-order valence-electron chi connectivity index (χ2n) is 6.89. The lowest BCUT2D eigenvalue weighted by Gasteiger charge is -2.40. The van der Waals surface area contributed by atoms with E-state index in [4.69, 9.17) is 0 Å². The zero-order valence-electron chi connectivity index (χ0n) is 13.0. The number of hydrogen-bond acceptors (Lipinski definition) is 4. The third-order valence-electron chi connectivity index (χ3n) is 3.77. The molecular formula is C15H30N2O2. The maximum Gasteiger partial charge on any atom is 0.127 e. The summed E-state index contributed by atoms with van der Waals surface area (Å²) in [5.41, 5.74) is -0.825. The second-order valence-corrected chi connectivity index (χ2v) is 6.89. The quantitative estimate of drug-likeness (QED) is 0.710. The molecule has 19 heavy (non-hydrogen) atoms. The van der Waals surface area contributed by atoms with Crippen molar-refractivity contribution in [1.82, 2.24) is 9.80 Å². The van der Waals surface area contributed by atoms with E-state index < -0.39 is 5.60 Å². The monoisotopic (exact) mass is 270 g/mol. The molecule has 0 aliphatic carbocycles. The Morgan fingerprint density at radius 2 is 1.53 bits per heavy atom. The number of β-amino-alcohol motifs (C(OH)–C–C–N with tert-alkyl or cyclic N) is 1. The average molecular weight is 270 g/mol. The van der Waals surface area contributed by atoms with Crippen molar-refractivity contribution in [2.75, 3.05) is 39.3 Å². The van der Waals surface area contributed by atoms with Crippen LogP contribution < -0.4 is 0 Å². The molecule has 1 aliphatic rings. The van der Waals surface area contributed by atoms with Crippen molar-refractivity contribution in [2.24, 2.45) is 5.41 Å². The van der Waals surface area contributed by atoms with Gasteiger partial charge in [0.2, 0.25) is 0 Å². The summed E-state index contributed by atoms with van der Waals surface area (Å²) in [5.74, 6) is 0. The first-order valence-electron chi connectivity index (χ1n) is 7.41. The zero-order valence-corrected chi connectivity index (χ0v) is 13.0. The van der Waals surface area contributed by atoms with Crippen LogP contribution in [0.15, 0.2) is 0 Å². The molecule has 112 valence electrons. The van der Waals surface area contributed by atoms with E-state index in [-0.39, 0.29) is 5.41 Å². The number of piperazine rings is 1. The van der Waals surface area contributed by atoms with Crippen molar-refractivity contribution in [3.63, 3.8) is 0 Å². The third kappa shape index (κ3) is 6.02. The van der Waals surface area contributed by atoms with Crippen LogP contribution in [-0.4, -0.2) is 66.1 Å². The summed E-state index contributed by atoms with van der Waals surface area (Å²) in [4.78, 5) is 16.0. The molecule has 1 fully saturated rings. The van der Waals surface area contributed by atoms with Gasteiger partial charge in [0.1, 0.15) is 6.29 Å². The molecule has 1 atom stereocenters. The number of aliphatic hydroxyl groups is 1. The van der Waals surface area contributed by atoms with Gasteiger partial charge in [-0.05, 0) is 20.3 Å². The molecule has 1 aliphatic heterocycles. The van der Waals surface area contributed by atoms with Gasteiger partial charge in [0.25, 0.3) is 0 Å². The first-order chi connectivity index (χ1) is 8.78. The maximum atomic E-state index is 11.3. The van der Waals surface area contributed by atoms with E-state index in [0.29, 0.717) is 0 Å². The first-order valence-corrected chi connectivity index (χ1v) is 7.41. The van der Waals surface area contributed by atoms with Crippen molar-refractivity contribution < 1.29 is 9.90 Å². The lowest BCUT2D eigenvalue weighted by Crippen LogP contribution is -2.52. The maximum absolute atomic E-state index is 11.3. The Labute approximate surface area is 117 Å². The van der Waals surface area contributed by atoms with Gasteiger partial charge < -0.3 is 9.90 Å². The van der Waals surface area contributed by atoms with Crippen LogP contribution in [0.1, 0.15) is 40.5 Å². The summed E-state index contributed by atoms with van der Waals surface area (Å²) in [6, 6.07) is 0. The van der Waals surface area contributed by atoms with Crippen molar-refractivity contribution >= 4 is 6.29 Å². The Balaban J connectivity index is 2.39. The molecule has 1 N–H and O–H groups in total. The number of nitrogens with zero attached hydrogens (tertiary/aromatic N) is 2. The third-order valence-corrected chi connectivity index (χ3v) is 3.77. The fourth-order valence-corrected chi connectivity index (χ4v) is 2.91. The lowest BCUT2D eigenvalue weighted by atomic mass is 9.86. The van der Waals surface area contributed by atoms with Crippen LogP contribution in [0.5, 0.6) is 0 Å². The fraction of sp³-hybridized carbons (Fsp3) is 0.933. The molecule has 1 heterocycles. The second kappa shape index (κ2) is 6.82. The summed E-state index contributed by atoms with van der Waals surface area (Å²) >= 11 is 0. The number of rotatable bonds is 7. The van der Waals surface area contributed by atoms with Crippen molar-refractivity contribution in [2.45, 2.75) is 46.1 Å². The molecule has 4 heteroatoms. The van der Waals surface area contributed by atoms with Crippen molar-refractivity contribution in [3.05, 3.63) is 0 Å². The predicted molar refractivity (Wildman–Crippen MR) is 78.3 cm³/mol. The minimum Gasteiger partial charge on any atom is -0.389 e. The highest BCUT2D eigenvalue weighted by Gasteiger charge is 2.29. The number of hydrogen-bond donors (Lipinski definition) is 1. The molecule has 1 rings (SSSR count). The predicted octanol–water partition coefficient (Wildman–Crippen LogP) is 1.38. The molecule has 0 amide bonds. The largest absolute Gasteiger partial charge is 0.389 e. The summed E-state index contributed by atoms with van der Waals surface area (Å²) in [6.07, 6.45) is 3.13. The lowest BCUT2D eigenvalue weighted by molar-refractivity contribution is -0.117.